The van der Waals surface area contributed by atoms with Crippen molar-refractivity contribution in [1.82, 2.24) is 0 Å². The van der Waals surface area contributed by atoms with Gasteiger partial charge in [-0.1, -0.05) is 34.1 Å². The predicted molar refractivity (Wildman–Crippen MR) is 54.1 cm³/mol. The third kappa shape index (κ3) is 2.56. The lowest BCUT2D eigenvalue weighted by Gasteiger charge is -2.22. The Balaban J connectivity index is 2.89. The summed E-state index contributed by atoms with van der Waals surface area (Å²) in [6.45, 7) is 1.56. The first kappa shape index (κ1) is 11.2. The van der Waals surface area contributed by atoms with Crippen LogP contribution in [0.5, 0.6) is 0 Å². The van der Waals surface area contributed by atoms with Crippen LogP contribution < -0.4 is 10.8 Å². The number of hydrogen-bond donors (Lipinski definition) is 1. The Labute approximate surface area is 91.1 Å². The molecule has 0 fully saturated rings. The van der Waals surface area contributed by atoms with Gasteiger partial charge in [0.05, 0.1) is 0 Å². The van der Waals surface area contributed by atoms with Crippen LogP contribution in [-0.2, 0) is 11.2 Å². The Kier molecular flexibility index (Phi) is 3.29. The van der Waals surface area contributed by atoms with Crippen LogP contribution in [0.25, 0.3) is 0 Å². The molecule has 1 aromatic rings. The van der Waals surface area contributed by atoms with Crippen molar-refractivity contribution in [3.63, 3.8) is 0 Å². The lowest BCUT2D eigenvalue weighted by atomic mass is 9.94. The molecule has 0 aliphatic rings. The van der Waals surface area contributed by atoms with Crippen LogP contribution in [0.1, 0.15) is 12.5 Å². The van der Waals surface area contributed by atoms with Crippen LogP contribution in [0.15, 0.2) is 28.7 Å². The average Bonchev–Trinajstić information content (AvgIpc) is 2.08. The van der Waals surface area contributed by atoms with E-state index < -0.39 is 11.5 Å². The highest BCUT2D eigenvalue weighted by atomic mass is 79.9. The molecular weight excluding hydrogens is 246 g/mol. The van der Waals surface area contributed by atoms with Crippen LogP contribution >= 0.6 is 15.9 Å². The molecule has 0 bridgehead atoms. The summed E-state index contributed by atoms with van der Waals surface area (Å²) in [6, 6.07) is 7.50. The molecule has 0 radical (unpaired) electrons. The van der Waals surface area contributed by atoms with Crippen LogP contribution in [0.3, 0.4) is 0 Å². The molecule has 1 aromatic carbocycles. The molecule has 4 heteroatoms. The van der Waals surface area contributed by atoms with Gasteiger partial charge in [0.15, 0.2) is 0 Å². The standard InChI is InChI=1S/C10H12BrNO2/c1-10(12,9(13)14)6-7-4-2-3-5-8(7)11/h2-5H,6,12H2,1H3,(H,13,14)/t10-/m1/s1. The molecule has 0 aliphatic carbocycles. The fraction of sp³-hybridized carbons (Fsp3) is 0.300. The second-order valence-corrected chi connectivity index (χ2v) is 4.47. The first-order valence-corrected chi connectivity index (χ1v) is 5.03. The maximum atomic E-state index is 10.7. The van der Waals surface area contributed by atoms with E-state index in [9.17, 15) is 9.90 Å². The van der Waals surface area contributed by atoms with Crippen molar-refractivity contribution in [3.8, 4) is 0 Å². The Bertz CT molecular complexity index is 350. The number of carboxylic acids is 1. The smallest absolute Gasteiger partial charge is 0.136 e. The number of hydrogen-bond acceptors (Lipinski definition) is 2. The van der Waals surface area contributed by atoms with E-state index >= 15 is 0 Å². The van der Waals surface area contributed by atoms with Crippen molar-refractivity contribution in [3.05, 3.63) is 34.3 Å². The van der Waals surface area contributed by atoms with Gasteiger partial charge in [0.1, 0.15) is 11.5 Å². The highest BCUT2D eigenvalue weighted by Gasteiger charge is 2.25. The number of halogens is 1. The molecule has 0 saturated heterocycles. The van der Waals surface area contributed by atoms with Crippen molar-refractivity contribution < 1.29 is 15.6 Å². The van der Waals surface area contributed by atoms with E-state index in [1.54, 1.807) is 6.92 Å². The lowest BCUT2D eigenvalue weighted by Crippen LogP contribution is -2.79. The molecule has 0 spiro atoms. The van der Waals surface area contributed by atoms with Crippen molar-refractivity contribution in [2.75, 3.05) is 0 Å². The van der Waals surface area contributed by atoms with Gasteiger partial charge in [0, 0.05) is 10.9 Å². The van der Waals surface area contributed by atoms with E-state index in [2.05, 4.69) is 21.7 Å². The molecule has 0 unspecified atom stereocenters. The number of benzene rings is 1. The number of rotatable bonds is 3. The molecule has 14 heavy (non-hydrogen) atoms. The second kappa shape index (κ2) is 4.11. The molecular formula is C10H12BrNO2. The quantitative estimate of drug-likeness (QED) is 0.811. The van der Waals surface area contributed by atoms with Crippen molar-refractivity contribution in [2.24, 2.45) is 0 Å². The Hall–Kier alpha value is -0.870. The first-order valence-electron chi connectivity index (χ1n) is 4.24. The summed E-state index contributed by atoms with van der Waals surface area (Å²) in [6.07, 6.45) is 0.358. The van der Waals surface area contributed by atoms with Crippen LogP contribution in [0.2, 0.25) is 0 Å². The number of aliphatic carboxylic acids is 1. The summed E-state index contributed by atoms with van der Waals surface area (Å²) in [7, 11) is 0. The topological polar surface area (TPSA) is 67.8 Å². The molecule has 0 aliphatic heterocycles. The van der Waals surface area contributed by atoms with Crippen molar-refractivity contribution >= 4 is 21.9 Å². The summed E-state index contributed by atoms with van der Waals surface area (Å²) in [5.74, 6) is -1.13. The zero-order valence-corrected chi connectivity index (χ0v) is 9.50. The average molecular weight is 258 g/mol. The summed E-state index contributed by atoms with van der Waals surface area (Å²) in [5.41, 5.74) is 3.47. The highest BCUT2D eigenvalue weighted by molar-refractivity contribution is 9.10. The monoisotopic (exact) mass is 257 g/mol. The van der Waals surface area contributed by atoms with Gasteiger partial charge in [0.25, 0.3) is 0 Å². The van der Waals surface area contributed by atoms with Gasteiger partial charge in [-0.05, 0) is 18.6 Å². The van der Waals surface area contributed by atoms with E-state index in [1.807, 2.05) is 24.3 Å². The molecule has 0 aromatic heterocycles. The van der Waals surface area contributed by atoms with Crippen LogP contribution in [0, 0.1) is 0 Å². The van der Waals surface area contributed by atoms with Gasteiger partial charge in [0.2, 0.25) is 0 Å². The van der Waals surface area contributed by atoms with E-state index in [1.165, 1.54) is 0 Å². The number of carbonyl (C=O) groups excluding carboxylic acids is 1. The van der Waals surface area contributed by atoms with Gasteiger partial charge in [-0.3, -0.25) is 0 Å². The molecule has 0 amide bonds. The van der Waals surface area contributed by atoms with Gasteiger partial charge in [-0.25, -0.2) is 0 Å². The second-order valence-electron chi connectivity index (χ2n) is 3.62. The zero-order valence-electron chi connectivity index (χ0n) is 7.92. The minimum absolute atomic E-state index is 0.358. The van der Waals surface area contributed by atoms with Crippen LogP contribution in [0.4, 0.5) is 0 Å². The largest absolute Gasteiger partial charge is 0.544 e. The summed E-state index contributed by atoms with van der Waals surface area (Å²) < 4.78 is 0.899. The minimum atomic E-state index is -1.13. The van der Waals surface area contributed by atoms with Crippen LogP contribution in [-0.4, -0.2) is 11.5 Å². The number of carbonyl (C=O) groups is 1. The Morgan fingerprint density at radius 2 is 2.14 bits per heavy atom. The van der Waals surface area contributed by atoms with Gasteiger partial charge in [-0.15, -0.1) is 0 Å². The molecule has 0 saturated carbocycles. The molecule has 3 nitrogen and oxygen atoms in total. The fourth-order valence-electron chi connectivity index (χ4n) is 1.13. The van der Waals surface area contributed by atoms with E-state index in [4.69, 9.17) is 0 Å². The van der Waals surface area contributed by atoms with E-state index in [-0.39, 0.29) is 0 Å². The summed E-state index contributed by atoms with van der Waals surface area (Å²) in [4.78, 5) is 10.7. The van der Waals surface area contributed by atoms with Crippen molar-refractivity contribution in [1.29, 1.82) is 0 Å². The fourth-order valence-corrected chi connectivity index (χ4v) is 1.56. The van der Waals surface area contributed by atoms with Gasteiger partial charge >= 0.3 is 0 Å². The maximum absolute atomic E-state index is 10.7. The third-order valence-electron chi connectivity index (χ3n) is 2.03. The number of quaternary nitrogens is 1. The molecule has 1 rings (SSSR count). The molecule has 1 atom stereocenters. The lowest BCUT2D eigenvalue weighted by molar-refractivity contribution is -0.480. The molecule has 76 valence electrons. The minimum Gasteiger partial charge on any atom is -0.544 e. The SMILES string of the molecule is C[C@@]([NH3+])(Cc1ccccc1Br)C(=O)[O-]. The Morgan fingerprint density at radius 3 is 2.64 bits per heavy atom. The highest BCUT2D eigenvalue weighted by Crippen LogP contribution is 2.19. The first-order chi connectivity index (χ1) is 6.43. The molecule has 0 heterocycles. The van der Waals surface area contributed by atoms with E-state index in [0.29, 0.717) is 6.42 Å². The Morgan fingerprint density at radius 1 is 1.57 bits per heavy atom. The maximum Gasteiger partial charge on any atom is 0.136 e. The number of carboxylic acid groups (broad SMARTS) is 1. The van der Waals surface area contributed by atoms with Gasteiger partial charge < -0.3 is 15.6 Å². The predicted octanol–water partition coefficient (Wildman–Crippen LogP) is -0.258. The summed E-state index contributed by atoms with van der Waals surface area (Å²) in [5, 5.41) is 10.7. The summed E-state index contributed by atoms with van der Waals surface area (Å²) >= 11 is 3.36. The normalized spacial score (nSPS) is 14.8. The van der Waals surface area contributed by atoms with Crippen molar-refractivity contribution in [2.45, 2.75) is 18.9 Å². The zero-order chi connectivity index (χ0) is 10.8. The van der Waals surface area contributed by atoms with Gasteiger partial charge in [-0.2, -0.15) is 0 Å². The molecule has 3 N–H and O–H groups in total. The van der Waals surface area contributed by atoms with E-state index in [0.717, 1.165) is 10.0 Å². The third-order valence-corrected chi connectivity index (χ3v) is 2.80.